The first kappa shape index (κ1) is 11.6. The molecule has 2 N–H and O–H groups in total. The van der Waals surface area contributed by atoms with Gasteiger partial charge >= 0.3 is 5.97 Å². The molecule has 0 aliphatic rings. The average molecular weight is 293 g/mol. The third-order valence-corrected chi connectivity index (χ3v) is 2.67. The molecule has 17 heavy (non-hydrogen) atoms. The standard InChI is InChI=1S/C12H9BrN2O2/c13-8-3-5-9(6-4-8)15-11-10(12(16)17)2-1-7-14-11/h1-7H,(H,14,15)(H,16,17). The molecule has 86 valence electrons. The first-order valence-electron chi connectivity index (χ1n) is 4.88. The number of anilines is 2. The van der Waals surface area contributed by atoms with Gasteiger partial charge in [-0.05, 0) is 36.4 Å². The molecule has 0 bridgehead atoms. The molecule has 0 saturated heterocycles. The van der Waals surface area contributed by atoms with E-state index in [4.69, 9.17) is 5.11 Å². The Balaban J connectivity index is 2.30. The fourth-order valence-corrected chi connectivity index (χ4v) is 1.61. The fraction of sp³-hybridized carbons (Fsp3) is 0. The number of hydrogen-bond acceptors (Lipinski definition) is 3. The van der Waals surface area contributed by atoms with E-state index in [1.165, 1.54) is 6.07 Å². The summed E-state index contributed by atoms with van der Waals surface area (Å²) in [7, 11) is 0. The molecule has 1 aromatic carbocycles. The van der Waals surface area contributed by atoms with Crippen LogP contribution in [0.5, 0.6) is 0 Å². The quantitative estimate of drug-likeness (QED) is 0.911. The average Bonchev–Trinajstić information content (AvgIpc) is 2.32. The molecule has 0 radical (unpaired) electrons. The molecule has 0 unspecified atom stereocenters. The van der Waals surface area contributed by atoms with E-state index < -0.39 is 5.97 Å². The van der Waals surface area contributed by atoms with Crippen molar-refractivity contribution in [2.45, 2.75) is 0 Å². The maximum Gasteiger partial charge on any atom is 0.339 e. The maximum atomic E-state index is 11.0. The zero-order valence-corrected chi connectivity index (χ0v) is 10.3. The van der Waals surface area contributed by atoms with E-state index in [1.54, 1.807) is 12.3 Å². The molecule has 5 heteroatoms. The van der Waals surface area contributed by atoms with Gasteiger partial charge in [0.2, 0.25) is 0 Å². The molecule has 0 spiro atoms. The zero-order chi connectivity index (χ0) is 12.3. The smallest absolute Gasteiger partial charge is 0.339 e. The van der Waals surface area contributed by atoms with Crippen LogP contribution in [0, 0.1) is 0 Å². The zero-order valence-electron chi connectivity index (χ0n) is 8.72. The second-order valence-electron chi connectivity index (χ2n) is 3.34. The molecule has 4 nitrogen and oxygen atoms in total. The summed E-state index contributed by atoms with van der Waals surface area (Å²) >= 11 is 3.33. The van der Waals surface area contributed by atoms with Crippen molar-refractivity contribution in [3.05, 3.63) is 52.6 Å². The van der Waals surface area contributed by atoms with E-state index in [0.717, 1.165) is 10.2 Å². The van der Waals surface area contributed by atoms with Crippen LogP contribution in [-0.4, -0.2) is 16.1 Å². The van der Waals surface area contributed by atoms with Gasteiger partial charge in [0.1, 0.15) is 11.4 Å². The van der Waals surface area contributed by atoms with Gasteiger partial charge in [-0.25, -0.2) is 9.78 Å². The lowest BCUT2D eigenvalue weighted by atomic mass is 10.2. The number of nitrogens with one attached hydrogen (secondary N) is 1. The molecule has 1 aromatic heterocycles. The van der Waals surface area contributed by atoms with Crippen molar-refractivity contribution in [1.29, 1.82) is 0 Å². The summed E-state index contributed by atoms with van der Waals surface area (Å²) in [6, 6.07) is 10.5. The molecule has 2 rings (SSSR count). The number of carboxylic acid groups (broad SMARTS) is 1. The number of halogens is 1. The molecular formula is C12H9BrN2O2. The first-order chi connectivity index (χ1) is 8.16. The van der Waals surface area contributed by atoms with Crippen molar-refractivity contribution < 1.29 is 9.90 Å². The number of rotatable bonds is 3. The Morgan fingerprint density at radius 2 is 1.94 bits per heavy atom. The summed E-state index contributed by atoms with van der Waals surface area (Å²) in [5.41, 5.74) is 0.935. The maximum absolute atomic E-state index is 11.0. The highest BCUT2D eigenvalue weighted by Crippen LogP contribution is 2.20. The van der Waals surface area contributed by atoms with Crippen LogP contribution in [-0.2, 0) is 0 Å². The summed E-state index contributed by atoms with van der Waals surface area (Å²) < 4.78 is 0.961. The highest BCUT2D eigenvalue weighted by molar-refractivity contribution is 9.10. The predicted octanol–water partition coefficient (Wildman–Crippen LogP) is 3.29. The minimum absolute atomic E-state index is 0.149. The van der Waals surface area contributed by atoms with Gasteiger partial charge in [0, 0.05) is 16.4 Å². The topological polar surface area (TPSA) is 62.2 Å². The number of pyridine rings is 1. The molecule has 0 aliphatic heterocycles. The summed E-state index contributed by atoms with van der Waals surface area (Å²) in [4.78, 5) is 15.0. The number of carbonyl (C=O) groups is 1. The number of hydrogen-bond donors (Lipinski definition) is 2. The monoisotopic (exact) mass is 292 g/mol. The van der Waals surface area contributed by atoms with Gasteiger partial charge in [0.15, 0.2) is 0 Å². The van der Waals surface area contributed by atoms with Crippen LogP contribution in [0.4, 0.5) is 11.5 Å². The number of benzene rings is 1. The van der Waals surface area contributed by atoms with Gasteiger partial charge in [0.25, 0.3) is 0 Å². The van der Waals surface area contributed by atoms with Gasteiger partial charge in [-0.1, -0.05) is 15.9 Å². The van der Waals surface area contributed by atoms with E-state index in [0.29, 0.717) is 5.82 Å². The summed E-state index contributed by atoms with van der Waals surface area (Å²) in [5, 5.41) is 12.0. The van der Waals surface area contributed by atoms with Crippen molar-refractivity contribution in [2.75, 3.05) is 5.32 Å². The van der Waals surface area contributed by atoms with Crippen molar-refractivity contribution in [2.24, 2.45) is 0 Å². The lowest BCUT2D eigenvalue weighted by Crippen LogP contribution is -2.04. The van der Waals surface area contributed by atoms with Crippen molar-refractivity contribution in [1.82, 2.24) is 4.98 Å². The van der Waals surface area contributed by atoms with Crippen LogP contribution in [0.25, 0.3) is 0 Å². The molecule has 0 saturated carbocycles. The minimum atomic E-state index is -1.00. The van der Waals surface area contributed by atoms with Gasteiger partial charge in [-0.15, -0.1) is 0 Å². The van der Waals surface area contributed by atoms with Crippen LogP contribution in [0.1, 0.15) is 10.4 Å². The summed E-state index contributed by atoms with van der Waals surface area (Å²) in [6.07, 6.45) is 1.55. The Labute approximate surface area is 106 Å². The number of nitrogens with zero attached hydrogens (tertiary/aromatic N) is 1. The Kier molecular flexibility index (Phi) is 3.39. The molecular weight excluding hydrogens is 284 g/mol. The number of aromatic carboxylic acids is 1. The van der Waals surface area contributed by atoms with Crippen LogP contribution >= 0.6 is 15.9 Å². The van der Waals surface area contributed by atoms with Crippen molar-refractivity contribution >= 4 is 33.4 Å². The predicted molar refractivity (Wildman–Crippen MR) is 68.6 cm³/mol. The molecule has 0 amide bonds. The van der Waals surface area contributed by atoms with Crippen molar-refractivity contribution in [3.63, 3.8) is 0 Å². The second kappa shape index (κ2) is 4.97. The van der Waals surface area contributed by atoms with Crippen LogP contribution < -0.4 is 5.32 Å². The lowest BCUT2D eigenvalue weighted by Gasteiger charge is -2.07. The molecule has 0 fully saturated rings. The van der Waals surface area contributed by atoms with Crippen LogP contribution in [0.3, 0.4) is 0 Å². The normalized spacial score (nSPS) is 9.94. The van der Waals surface area contributed by atoms with E-state index in [9.17, 15) is 4.79 Å². The Bertz CT molecular complexity index is 540. The fourth-order valence-electron chi connectivity index (χ4n) is 1.35. The van der Waals surface area contributed by atoms with E-state index in [-0.39, 0.29) is 5.56 Å². The highest BCUT2D eigenvalue weighted by Gasteiger charge is 2.10. The SMILES string of the molecule is O=C(O)c1cccnc1Nc1ccc(Br)cc1. The third-order valence-electron chi connectivity index (χ3n) is 2.15. The third kappa shape index (κ3) is 2.82. The number of carboxylic acids is 1. The van der Waals surface area contributed by atoms with Crippen molar-refractivity contribution in [3.8, 4) is 0 Å². The van der Waals surface area contributed by atoms with Gasteiger partial charge in [0.05, 0.1) is 0 Å². The minimum Gasteiger partial charge on any atom is -0.478 e. The highest BCUT2D eigenvalue weighted by atomic mass is 79.9. The lowest BCUT2D eigenvalue weighted by molar-refractivity contribution is 0.0697. The second-order valence-corrected chi connectivity index (χ2v) is 4.25. The summed E-state index contributed by atoms with van der Waals surface area (Å²) in [5.74, 6) is -0.667. The largest absolute Gasteiger partial charge is 0.478 e. The van der Waals surface area contributed by atoms with E-state index >= 15 is 0 Å². The molecule has 0 aliphatic carbocycles. The van der Waals surface area contributed by atoms with E-state index in [1.807, 2.05) is 24.3 Å². The van der Waals surface area contributed by atoms with E-state index in [2.05, 4.69) is 26.2 Å². The van der Waals surface area contributed by atoms with Gasteiger partial charge in [-0.2, -0.15) is 0 Å². The Morgan fingerprint density at radius 3 is 2.59 bits per heavy atom. The van der Waals surface area contributed by atoms with Crippen LogP contribution in [0.15, 0.2) is 47.1 Å². The Morgan fingerprint density at radius 1 is 1.24 bits per heavy atom. The molecule has 2 aromatic rings. The molecule has 1 heterocycles. The van der Waals surface area contributed by atoms with Gasteiger partial charge in [-0.3, -0.25) is 0 Å². The Hall–Kier alpha value is -1.88. The first-order valence-corrected chi connectivity index (χ1v) is 5.67. The molecule has 0 atom stereocenters. The van der Waals surface area contributed by atoms with Gasteiger partial charge < -0.3 is 10.4 Å². The number of aromatic nitrogens is 1. The van der Waals surface area contributed by atoms with Crippen LogP contribution in [0.2, 0.25) is 0 Å². The summed E-state index contributed by atoms with van der Waals surface area (Å²) in [6.45, 7) is 0.